The Hall–Kier alpha value is -3.13. The highest BCUT2D eigenvalue weighted by atomic mass is 19.1. The summed E-state index contributed by atoms with van der Waals surface area (Å²) in [5.74, 6) is 0.339. The van der Waals surface area contributed by atoms with Crippen LogP contribution in [0.25, 0.3) is 0 Å². The summed E-state index contributed by atoms with van der Waals surface area (Å²) in [6.07, 6.45) is 0.125. The molecular formula is C24H29FN4O3. The number of piperazine rings is 2. The molecule has 32 heavy (non-hydrogen) atoms. The molecule has 8 heteroatoms. The second-order valence-electron chi connectivity index (χ2n) is 8.18. The first-order valence-electron chi connectivity index (χ1n) is 11.0. The van der Waals surface area contributed by atoms with Gasteiger partial charge in [-0.25, -0.2) is 4.39 Å². The summed E-state index contributed by atoms with van der Waals surface area (Å²) in [6, 6.07) is 13.7. The summed E-state index contributed by atoms with van der Waals surface area (Å²) in [5, 5.41) is 2.86. The van der Waals surface area contributed by atoms with E-state index >= 15 is 0 Å². The number of nitrogens with one attached hydrogen (secondary N) is 1. The molecule has 1 N–H and O–H groups in total. The van der Waals surface area contributed by atoms with Crippen LogP contribution in [-0.2, 0) is 16.1 Å². The highest BCUT2D eigenvalue weighted by Crippen LogP contribution is 2.23. The van der Waals surface area contributed by atoms with Crippen LogP contribution in [0.2, 0.25) is 0 Å². The molecule has 2 aromatic carbocycles. The van der Waals surface area contributed by atoms with Crippen LogP contribution in [-0.4, -0.2) is 74.0 Å². The Labute approximate surface area is 187 Å². The molecule has 0 radical (unpaired) electrons. The molecular weight excluding hydrogens is 411 g/mol. The van der Waals surface area contributed by atoms with E-state index in [4.69, 9.17) is 4.74 Å². The SMILES string of the molecule is COc1cccc(N2CCN(C(=O)CC3C(=O)NCCN3Cc3cccc(F)c3)CC2)c1. The summed E-state index contributed by atoms with van der Waals surface area (Å²) in [5.41, 5.74) is 1.87. The maximum Gasteiger partial charge on any atom is 0.237 e. The minimum absolute atomic E-state index is 0.0263. The lowest BCUT2D eigenvalue weighted by atomic mass is 10.1. The van der Waals surface area contributed by atoms with Crippen LogP contribution in [0.1, 0.15) is 12.0 Å². The van der Waals surface area contributed by atoms with Gasteiger partial charge in [0.1, 0.15) is 11.6 Å². The highest BCUT2D eigenvalue weighted by Gasteiger charge is 2.33. The molecule has 0 aliphatic carbocycles. The van der Waals surface area contributed by atoms with Gasteiger partial charge in [-0.2, -0.15) is 0 Å². The van der Waals surface area contributed by atoms with Gasteiger partial charge in [0.15, 0.2) is 0 Å². The third-order valence-corrected chi connectivity index (χ3v) is 6.14. The van der Waals surface area contributed by atoms with Crippen molar-refractivity contribution in [3.8, 4) is 5.75 Å². The predicted octanol–water partition coefficient (Wildman–Crippen LogP) is 1.87. The predicted molar refractivity (Wildman–Crippen MR) is 120 cm³/mol. The monoisotopic (exact) mass is 440 g/mol. The molecule has 4 rings (SSSR count). The van der Waals surface area contributed by atoms with E-state index in [1.54, 1.807) is 13.2 Å². The number of carbonyl (C=O) groups excluding carboxylic acids is 2. The minimum atomic E-state index is -0.545. The zero-order valence-electron chi connectivity index (χ0n) is 18.3. The zero-order valence-corrected chi connectivity index (χ0v) is 18.3. The van der Waals surface area contributed by atoms with Crippen molar-refractivity contribution >= 4 is 17.5 Å². The third kappa shape index (κ3) is 5.19. The normalized spacial score (nSPS) is 19.6. The molecule has 0 aromatic heterocycles. The second kappa shape index (κ2) is 9.99. The average molecular weight is 441 g/mol. The quantitative estimate of drug-likeness (QED) is 0.743. The smallest absolute Gasteiger partial charge is 0.237 e. The third-order valence-electron chi connectivity index (χ3n) is 6.14. The molecule has 2 saturated heterocycles. The first-order chi connectivity index (χ1) is 15.5. The number of ether oxygens (including phenoxy) is 1. The van der Waals surface area contributed by atoms with E-state index in [2.05, 4.69) is 10.2 Å². The van der Waals surface area contributed by atoms with Crippen LogP contribution in [0.4, 0.5) is 10.1 Å². The van der Waals surface area contributed by atoms with Crippen molar-refractivity contribution in [2.45, 2.75) is 19.0 Å². The number of hydrogen-bond donors (Lipinski definition) is 1. The average Bonchev–Trinajstić information content (AvgIpc) is 2.81. The van der Waals surface area contributed by atoms with Crippen LogP contribution in [0.3, 0.4) is 0 Å². The van der Waals surface area contributed by atoms with Gasteiger partial charge >= 0.3 is 0 Å². The molecule has 1 unspecified atom stereocenters. The van der Waals surface area contributed by atoms with E-state index in [9.17, 15) is 14.0 Å². The molecule has 2 amide bonds. The van der Waals surface area contributed by atoms with Crippen LogP contribution in [0.15, 0.2) is 48.5 Å². The van der Waals surface area contributed by atoms with E-state index in [0.29, 0.717) is 32.7 Å². The first-order valence-corrected chi connectivity index (χ1v) is 11.0. The number of methoxy groups -OCH3 is 1. The van der Waals surface area contributed by atoms with Crippen LogP contribution in [0.5, 0.6) is 5.75 Å². The van der Waals surface area contributed by atoms with Crippen LogP contribution < -0.4 is 15.0 Å². The summed E-state index contributed by atoms with van der Waals surface area (Å²) in [4.78, 5) is 31.6. The van der Waals surface area contributed by atoms with Gasteiger partial charge in [-0.3, -0.25) is 14.5 Å². The molecule has 7 nitrogen and oxygen atoms in total. The maximum absolute atomic E-state index is 13.6. The Bertz CT molecular complexity index is 962. The highest BCUT2D eigenvalue weighted by molar-refractivity contribution is 5.89. The van der Waals surface area contributed by atoms with E-state index in [0.717, 1.165) is 30.1 Å². The van der Waals surface area contributed by atoms with Gasteiger partial charge in [0, 0.05) is 57.6 Å². The van der Waals surface area contributed by atoms with Crippen molar-refractivity contribution in [2.24, 2.45) is 0 Å². The summed E-state index contributed by atoms with van der Waals surface area (Å²) in [7, 11) is 1.65. The van der Waals surface area contributed by atoms with E-state index in [1.807, 2.05) is 40.1 Å². The van der Waals surface area contributed by atoms with Crippen molar-refractivity contribution in [2.75, 3.05) is 51.3 Å². The van der Waals surface area contributed by atoms with Gasteiger partial charge < -0.3 is 19.9 Å². The summed E-state index contributed by atoms with van der Waals surface area (Å²) in [6.45, 7) is 4.25. The fraction of sp³-hybridized carbons (Fsp3) is 0.417. The number of amides is 2. The Balaban J connectivity index is 1.36. The molecule has 0 bridgehead atoms. The summed E-state index contributed by atoms with van der Waals surface area (Å²) >= 11 is 0. The van der Waals surface area contributed by atoms with Gasteiger partial charge in [-0.1, -0.05) is 18.2 Å². The molecule has 1 atom stereocenters. The van der Waals surface area contributed by atoms with Gasteiger partial charge in [0.2, 0.25) is 11.8 Å². The van der Waals surface area contributed by atoms with Gasteiger partial charge in [-0.05, 0) is 29.8 Å². The standard InChI is InChI=1S/C24H29FN4O3/c1-32-21-7-3-6-20(15-21)27-10-12-28(13-11-27)23(30)16-22-24(31)26-8-9-29(22)17-18-4-2-5-19(25)14-18/h2-7,14-15,22H,8-13,16-17H2,1H3,(H,26,31). The lowest BCUT2D eigenvalue weighted by Crippen LogP contribution is -2.57. The fourth-order valence-corrected chi connectivity index (χ4v) is 4.36. The lowest BCUT2D eigenvalue weighted by Gasteiger charge is -2.39. The van der Waals surface area contributed by atoms with Crippen molar-refractivity contribution in [3.63, 3.8) is 0 Å². The van der Waals surface area contributed by atoms with E-state index in [1.165, 1.54) is 12.1 Å². The molecule has 2 aliphatic rings. The molecule has 2 fully saturated rings. The van der Waals surface area contributed by atoms with Crippen molar-refractivity contribution in [1.29, 1.82) is 0 Å². The Morgan fingerprint density at radius 2 is 1.88 bits per heavy atom. The number of benzene rings is 2. The molecule has 2 aliphatic heterocycles. The molecule has 2 heterocycles. The molecule has 0 spiro atoms. The van der Waals surface area contributed by atoms with E-state index < -0.39 is 6.04 Å². The molecule has 2 aromatic rings. The number of anilines is 1. The molecule has 170 valence electrons. The zero-order chi connectivity index (χ0) is 22.5. The number of carbonyl (C=O) groups is 2. The summed E-state index contributed by atoms with van der Waals surface area (Å²) < 4.78 is 18.9. The van der Waals surface area contributed by atoms with Crippen molar-refractivity contribution < 1.29 is 18.7 Å². The number of hydrogen-bond acceptors (Lipinski definition) is 5. The molecule has 0 saturated carbocycles. The van der Waals surface area contributed by atoms with Crippen LogP contribution >= 0.6 is 0 Å². The fourth-order valence-electron chi connectivity index (χ4n) is 4.36. The first kappa shape index (κ1) is 22.1. The number of nitrogens with zero attached hydrogens (tertiary/aromatic N) is 3. The number of halogens is 1. The number of rotatable bonds is 6. The Kier molecular flexibility index (Phi) is 6.90. The van der Waals surface area contributed by atoms with E-state index in [-0.39, 0.29) is 24.1 Å². The Morgan fingerprint density at radius 1 is 1.09 bits per heavy atom. The minimum Gasteiger partial charge on any atom is -0.497 e. The van der Waals surface area contributed by atoms with Gasteiger partial charge in [-0.15, -0.1) is 0 Å². The largest absolute Gasteiger partial charge is 0.497 e. The Morgan fingerprint density at radius 3 is 2.62 bits per heavy atom. The topological polar surface area (TPSA) is 65.1 Å². The lowest BCUT2D eigenvalue weighted by molar-refractivity contribution is -0.139. The van der Waals surface area contributed by atoms with Gasteiger partial charge in [0.25, 0.3) is 0 Å². The maximum atomic E-state index is 13.6. The second-order valence-corrected chi connectivity index (χ2v) is 8.18. The van der Waals surface area contributed by atoms with Crippen LogP contribution in [0, 0.1) is 5.82 Å². The van der Waals surface area contributed by atoms with Crippen molar-refractivity contribution in [1.82, 2.24) is 15.1 Å². The van der Waals surface area contributed by atoms with Gasteiger partial charge in [0.05, 0.1) is 19.6 Å². The van der Waals surface area contributed by atoms with Crippen molar-refractivity contribution in [3.05, 3.63) is 59.9 Å².